The molecule has 0 radical (unpaired) electrons. The largest absolute Gasteiger partial charge is 0.326 e. The number of amides is 3. The van der Waals surface area contributed by atoms with Crippen LogP contribution in [-0.2, 0) is 11.3 Å². The summed E-state index contributed by atoms with van der Waals surface area (Å²) in [7, 11) is 0. The average Bonchev–Trinajstić information content (AvgIpc) is 2.60. The number of imide groups is 1. The van der Waals surface area contributed by atoms with Gasteiger partial charge in [0.05, 0.1) is 6.54 Å². The van der Waals surface area contributed by atoms with E-state index >= 15 is 0 Å². The molecule has 5 heteroatoms. The standard InChI is InChI=1S/C13H15ClN2O2/c1-8(2)11-12(17)16(13(18)15-11)7-9-3-5-10(14)6-4-9/h3-6,8,11H,7H2,1-2H3,(H,15,18). The molecule has 1 heterocycles. The molecule has 96 valence electrons. The van der Waals surface area contributed by atoms with Crippen LogP contribution in [0.2, 0.25) is 5.02 Å². The maximum atomic E-state index is 12.0. The van der Waals surface area contributed by atoms with Crippen molar-refractivity contribution in [1.82, 2.24) is 10.2 Å². The maximum Gasteiger partial charge on any atom is 0.325 e. The molecular weight excluding hydrogens is 252 g/mol. The van der Waals surface area contributed by atoms with Gasteiger partial charge < -0.3 is 5.32 Å². The third kappa shape index (κ3) is 2.48. The van der Waals surface area contributed by atoms with E-state index in [4.69, 9.17) is 11.6 Å². The first-order valence-corrected chi connectivity index (χ1v) is 6.23. The molecule has 18 heavy (non-hydrogen) atoms. The number of nitrogens with one attached hydrogen (secondary N) is 1. The molecule has 1 N–H and O–H groups in total. The fourth-order valence-electron chi connectivity index (χ4n) is 1.91. The van der Waals surface area contributed by atoms with Crippen LogP contribution in [0.5, 0.6) is 0 Å². The molecule has 3 amide bonds. The minimum Gasteiger partial charge on any atom is -0.326 e. The lowest BCUT2D eigenvalue weighted by Gasteiger charge is -2.14. The molecule has 0 bridgehead atoms. The van der Waals surface area contributed by atoms with Gasteiger partial charge >= 0.3 is 6.03 Å². The van der Waals surface area contributed by atoms with Crippen molar-refractivity contribution in [2.24, 2.45) is 5.92 Å². The molecule has 0 spiro atoms. The van der Waals surface area contributed by atoms with E-state index < -0.39 is 6.04 Å². The van der Waals surface area contributed by atoms with Gasteiger partial charge in [-0.3, -0.25) is 9.69 Å². The van der Waals surface area contributed by atoms with Gasteiger partial charge in [-0.05, 0) is 23.6 Å². The van der Waals surface area contributed by atoms with Crippen LogP contribution in [0.4, 0.5) is 4.79 Å². The van der Waals surface area contributed by atoms with E-state index in [1.807, 2.05) is 26.0 Å². The number of carbonyl (C=O) groups is 2. The number of urea groups is 1. The first-order valence-electron chi connectivity index (χ1n) is 5.85. The summed E-state index contributed by atoms with van der Waals surface area (Å²) in [6.45, 7) is 4.11. The van der Waals surface area contributed by atoms with Gasteiger partial charge in [0.2, 0.25) is 0 Å². The molecule has 1 saturated heterocycles. The van der Waals surface area contributed by atoms with Crippen molar-refractivity contribution in [2.45, 2.75) is 26.4 Å². The van der Waals surface area contributed by atoms with Crippen LogP contribution in [0.1, 0.15) is 19.4 Å². The summed E-state index contributed by atoms with van der Waals surface area (Å²) < 4.78 is 0. The van der Waals surface area contributed by atoms with Crippen molar-refractivity contribution in [3.05, 3.63) is 34.9 Å². The lowest BCUT2D eigenvalue weighted by Crippen LogP contribution is -2.34. The van der Waals surface area contributed by atoms with Gasteiger partial charge in [-0.1, -0.05) is 37.6 Å². The Hall–Kier alpha value is -1.55. The van der Waals surface area contributed by atoms with E-state index in [2.05, 4.69) is 5.32 Å². The molecule has 1 aromatic carbocycles. The van der Waals surface area contributed by atoms with E-state index in [1.165, 1.54) is 4.90 Å². The average molecular weight is 267 g/mol. The highest BCUT2D eigenvalue weighted by atomic mass is 35.5. The van der Waals surface area contributed by atoms with Crippen LogP contribution < -0.4 is 5.32 Å². The third-order valence-corrected chi connectivity index (χ3v) is 3.23. The Balaban J connectivity index is 2.12. The molecule has 1 aromatic rings. The third-order valence-electron chi connectivity index (χ3n) is 2.98. The van der Waals surface area contributed by atoms with Crippen molar-refractivity contribution in [2.75, 3.05) is 0 Å². The zero-order valence-electron chi connectivity index (χ0n) is 10.3. The highest BCUT2D eigenvalue weighted by Crippen LogP contribution is 2.17. The topological polar surface area (TPSA) is 49.4 Å². The molecule has 1 fully saturated rings. The van der Waals surface area contributed by atoms with Crippen LogP contribution in [0.15, 0.2) is 24.3 Å². The maximum absolute atomic E-state index is 12.0. The second-order valence-electron chi connectivity index (χ2n) is 4.72. The highest BCUT2D eigenvalue weighted by molar-refractivity contribution is 6.30. The number of rotatable bonds is 3. The zero-order chi connectivity index (χ0) is 13.3. The fourth-order valence-corrected chi connectivity index (χ4v) is 2.04. The minimum atomic E-state index is -0.412. The van der Waals surface area contributed by atoms with Crippen molar-refractivity contribution >= 4 is 23.5 Å². The number of hydrogen-bond acceptors (Lipinski definition) is 2. The molecule has 1 aliphatic rings. The van der Waals surface area contributed by atoms with E-state index in [0.29, 0.717) is 5.02 Å². The van der Waals surface area contributed by atoms with Crippen LogP contribution in [-0.4, -0.2) is 22.9 Å². The molecule has 0 aliphatic carbocycles. The van der Waals surface area contributed by atoms with Crippen LogP contribution in [0.3, 0.4) is 0 Å². The predicted molar refractivity (Wildman–Crippen MR) is 69.2 cm³/mol. The molecular formula is C13H15ClN2O2. The Kier molecular flexibility index (Phi) is 3.57. The summed E-state index contributed by atoms with van der Waals surface area (Å²) in [4.78, 5) is 25.0. The summed E-state index contributed by atoms with van der Waals surface area (Å²) in [5.41, 5.74) is 0.882. The van der Waals surface area contributed by atoms with E-state index in [9.17, 15) is 9.59 Å². The van der Waals surface area contributed by atoms with Crippen molar-refractivity contribution in [3.8, 4) is 0 Å². The smallest absolute Gasteiger partial charge is 0.325 e. The molecule has 2 rings (SSSR count). The van der Waals surface area contributed by atoms with E-state index in [0.717, 1.165) is 5.56 Å². The molecule has 1 unspecified atom stereocenters. The monoisotopic (exact) mass is 266 g/mol. The van der Waals surface area contributed by atoms with Crippen LogP contribution in [0, 0.1) is 5.92 Å². The summed E-state index contributed by atoms with van der Waals surface area (Å²) in [6.07, 6.45) is 0. The second kappa shape index (κ2) is 4.98. The Morgan fingerprint density at radius 3 is 2.39 bits per heavy atom. The van der Waals surface area contributed by atoms with Gasteiger partial charge in [-0.25, -0.2) is 4.79 Å². The van der Waals surface area contributed by atoms with Crippen molar-refractivity contribution < 1.29 is 9.59 Å². The summed E-state index contributed by atoms with van der Waals surface area (Å²) >= 11 is 5.79. The van der Waals surface area contributed by atoms with E-state index in [-0.39, 0.29) is 24.4 Å². The number of benzene rings is 1. The summed E-state index contributed by atoms with van der Waals surface area (Å²) in [6, 6.07) is 6.38. The quantitative estimate of drug-likeness (QED) is 0.854. The fraction of sp³-hybridized carbons (Fsp3) is 0.385. The second-order valence-corrected chi connectivity index (χ2v) is 5.16. The van der Waals surface area contributed by atoms with Gasteiger partial charge in [-0.2, -0.15) is 0 Å². The molecule has 4 nitrogen and oxygen atoms in total. The first-order chi connectivity index (χ1) is 8.49. The van der Waals surface area contributed by atoms with Crippen LogP contribution in [0.25, 0.3) is 0 Å². The number of nitrogens with zero attached hydrogens (tertiary/aromatic N) is 1. The highest BCUT2D eigenvalue weighted by Gasteiger charge is 2.39. The molecule has 1 atom stereocenters. The molecule has 0 aromatic heterocycles. The number of carbonyl (C=O) groups excluding carboxylic acids is 2. The first kappa shape index (κ1) is 12.9. The van der Waals surface area contributed by atoms with Gasteiger partial charge in [0, 0.05) is 5.02 Å². The SMILES string of the molecule is CC(C)C1NC(=O)N(Cc2ccc(Cl)cc2)C1=O. The van der Waals surface area contributed by atoms with Crippen molar-refractivity contribution in [1.29, 1.82) is 0 Å². The van der Waals surface area contributed by atoms with Gasteiger partial charge in [0.25, 0.3) is 5.91 Å². The minimum absolute atomic E-state index is 0.0941. The van der Waals surface area contributed by atoms with Gasteiger partial charge in [0.15, 0.2) is 0 Å². The lowest BCUT2D eigenvalue weighted by molar-refractivity contribution is -0.128. The predicted octanol–water partition coefficient (Wildman–Crippen LogP) is 2.42. The molecule has 0 saturated carbocycles. The summed E-state index contributed by atoms with van der Waals surface area (Å²) in [5, 5.41) is 3.33. The Bertz CT molecular complexity index is 470. The lowest BCUT2D eigenvalue weighted by atomic mass is 10.0. The zero-order valence-corrected chi connectivity index (χ0v) is 11.1. The Labute approximate surface area is 111 Å². The number of halogens is 1. The van der Waals surface area contributed by atoms with Gasteiger partial charge in [-0.15, -0.1) is 0 Å². The Morgan fingerprint density at radius 2 is 1.89 bits per heavy atom. The van der Waals surface area contributed by atoms with Crippen molar-refractivity contribution in [3.63, 3.8) is 0 Å². The van der Waals surface area contributed by atoms with E-state index in [1.54, 1.807) is 12.1 Å². The number of hydrogen-bond donors (Lipinski definition) is 1. The Morgan fingerprint density at radius 1 is 1.28 bits per heavy atom. The molecule has 1 aliphatic heterocycles. The van der Waals surface area contributed by atoms with Gasteiger partial charge in [0.1, 0.15) is 6.04 Å². The van der Waals surface area contributed by atoms with Crippen LogP contribution >= 0.6 is 11.6 Å². The summed E-state index contributed by atoms with van der Waals surface area (Å²) in [5.74, 6) is -0.0679. The normalized spacial score (nSPS) is 19.6.